The van der Waals surface area contributed by atoms with E-state index in [4.69, 9.17) is 10.7 Å². The minimum Gasteiger partial charge on any atom is -0.300 e. The van der Waals surface area contributed by atoms with E-state index in [0.717, 1.165) is 5.56 Å². The summed E-state index contributed by atoms with van der Waals surface area (Å²) in [6, 6.07) is 1.83. The molecule has 2 rings (SSSR count). The van der Waals surface area contributed by atoms with Gasteiger partial charge >= 0.3 is 0 Å². The molecule has 0 N–H and O–H groups in total. The average molecular weight is 264 g/mol. The van der Waals surface area contributed by atoms with Crippen LogP contribution in [-0.2, 0) is 16.1 Å². The summed E-state index contributed by atoms with van der Waals surface area (Å²) in [4.78, 5) is 0. The van der Waals surface area contributed by atoms with Crippen molar-refractivity contribution in [3.8, 4) is 11.4 Å². The van der Waals surface area contributed by atoms with E-state index in [-0.39, 0.29) is 5.16 Å². The van der Waals surface area contributed by atoms with Gasteiger partial charge in [0.05, 0.1) is 0 Å². The Morgan fingerprint density at radius 2 is 2.20 bits per heavy atom. The summed E-state index contributed by atoms with van der Waals surface area (Å²) < 4.78 is 23.5. The Bertz CT molecular complexity index is 573. The molecule has 0 fully saturated rings. The van der Waals surface area contributed by atoms with Gasteiger partial charge in [0.2, 0.25) is 0 Å². The predicted octanol–water partition coefficient (Wildman–Crippen LogP) is 1.47. The van der Waals surface area contributed by atoms with Crippen molar-refractivity contribution in [2.45, 2.75) is 5.16 Å². The molecule has 2 aromatic heterocycles. The van der Waals surface area contributed by atoms with Crippen LogP contribution in [0.15, 0.2) is 22.0 Å². The Morgan fingerprint density at radius 3 is 2.67 bits per heavy atom. The normalized spacial score (nSPS) is 11.9. The third-order valence-electron chi connectivity index (χ3n) is 1.83. The molecule has 0 saturated carbocycles. The third-order valence-corrected chi connectivity index (χ3v) is 3.72. The molecule has 8 heteroatoms. The molecule has 0 atom stereocenters. The molecule has 0 aromatic carbocycles. The first kappa shape index (κ1) is 10.6. The zero-order chi connectivity index (χ0) is 11.1. The molecule has 15 heavy (non-hydrogen) atoms. The molecule has 0 radical (unpaired) electrons. The zero-order valence-electron chi connectivity index (χ0n) is 7.58. The topological polar surface area (TPSA) is 64.8 Å². The maximum Gasteiger partial charge on any atom is 0.296 e. The number of nitrogens with zero attached hydrogens (tertiary/aromatic N) is 3. The smallest absolute Gasteiger partial charge is 0.296 e. The van der Waals surface area contributed by atoms with E-state index in [0.29, 0.717) is 5.82 Å². The fourth-order valence-electron chi connectivity index (χ4n) is 1.17. The largest absolute Gasteiger partial charge is 0.300 e. The van der Waals surface area contributed by atoms with Crippen molar-refractivity contribution in [3.63, 3.8) is 0 Å². The molecule has 0 bridgehead atoms. The van der Waals surface area contributed by atoms with E-state index in [9.17, 15) is 8.42 Å². The molecule has 0 amide bonds. The summed E-state index contributed by atoms with van der Waals surface area (Å²) >= 11 is 1.50. The van der Waals surface area contributed by atoms with Crippen molar-refractivity contribution >= 4 is 31.1 Å². The van der Waals surface area contributed by atoms with Crippen molar-refractivity contribution in [2.24, 2.45) is 7.05 Å². The van der Waals surface area contributed by atoms with Gasteiger partial charge < -0.3 is 0 Å². The minimum absolute atomic E-state index is 0.245. The molecule has 0 spiro atoms. The quantitative estimate of drug-likeness (QED) is 0.770. The predicted molar refractivity (Wildman–Crippen MR) is 57.4 cm³/mol. The fourth-order valence-corrected chi connectivity index (χ4v) is 2.76. The highest BCUT2D eigenvalue weighted by atomic mass is 35.7. The first-order chi connectivity index (χ1) is 7.00. The lowest BCUT2D eigenvalue weighted by Gasteiger charge is -1.98. The molecule has 2 aromatic rings. The number of hydrogen-bond acceptors (Lipinski definition) is 5. The van der Waals surface area contributed by atoms with E-state index in [1.807, 2.05) is 16.8 Å². The number of halogens is 1. The van der Waals surface area contributed by atoms with Crippen LogP contribution in [0.3, 0.4) is 0 Å². The molecule has 0 aliphatic rings. The first-order valence-electron chi connectivity index (χ1n) is 3.87. The maximum atomic E-state index is 11.1. The van der Waals surface area contributed by atoms with Crippen LogP contribution < -0.4 is 0 Å². The fraction of sp³-hybridized carbons (Fsp3) is 0.143. The number of thiophene rings is 1. The van der Waals surface area contributed by atoms with Crippen LogP contribution in [0.25, 0.3) is 11.4 Å². The molecule has 0 saturated heterocycles. The lowest BCUT2D eigenvalue weighted by Crippen LogP contribution is -2.02. The molecule has 2 heterocycles. The van der Waals surface area contributed by atoms with Crippen molar-refractivity contribution < 1.29 is 8.42 Å². The number of rotatable bonds is 2. The van der Waals surface area contributed by atoms with E-state index >= 15 is 0 Å². The van der Waals surface area contributed by atoms with Crippen LogP contribution in [0.1, 0.15) is 0 Å². The highest BCUT2D eigenvalue weighted by Crippen LogP contribution is 2.22. The molecule has 0 aliphatic carbocycles. The Balaban J connectivity index is 2.60. The molecule has 0 unspecified atom stereocenters. The molecular formula is C7H6ClN3O2S2. The third kappa shape index (κ3) is 1.90. The molecule has 0 aliphatic heterocycles. The average Bonchev–Trinajstić information content (AvgIpc) is 2.69. The van der Waals surface area contributed by atoms with Gasteiger partial charge in [-0.15, -0.1) is 10.2 Å². The summed E-state index contributed by atoms with van der Waals surface area (Å²) in [5.41, 5.74) is 0.821. The van der Waals surface area contributed by atoms with Gasteiger partial charge in [-0.1, -0.05) is 0 Å². The standard InChI is InChI=1S/C7H6ClN3O2S2/c1-11-6(5-2-3-14-4-5)9-10-7(11)15(8,12)13/h2-4H,1H3. The zero-order valence-corrected chi connectivity index (χ0v) is 9.97. The van der Waals surface area contributed by atoms with Crippen LogP contribution in [0.2, 0.25) is 0 Å². The SMILES string of the molecule is Cn1c(-c2ccsc2)nnc1S(=O)(=O)Cl. The van der Waals surface area contributed by atoms with E-state index in [2.05, 4.69) is 10.2 Å². The van der Waals surface area contributed by atoms with Crippen LogP contribution >= 0.6 is 22.0 Å². The van der Waals surface area contributed by atoms with Crippen molar-refractivity contribution in [1.82, 2.24) is 14.8 Å². The summed E-state index contributed by atoms with van der Waals surface area (Å²) in [6.45, 7) is 0. The van der Waals surface area contributed by atoms with Crippen LogP contribution in [-0.4, -0.2) is 23.2 Å². The second kappa shape index (κ2) is 3.58. The monoisotopic (exact) mass is 263 g/mol. The number of aromatic nitrogens is 3. The Morgan fingerprint density at radius 1 is 1.47 bits per heavy atom. The lowest BCUT2D eigenvalue weighted by molar-refractivity contribution is 0.593. The number of hydrogen-bond donors (Lipinski definition) is 0. The van der Waals surface area contributed by atoms with Gasteiger partial charge in [0.1, 0.15) is 0 Å². The molecular weight excluding hydrogens is 258 g/mol. The van der Waals surface area contributed by atoms with E-state index in [1.54, 1.807) is 7.05 Å². The van der Waals surface area contributed by atoms with Gasteiger partial charge in [-0.2, -0.15) is 11.3 Å². The molecule has 80 valence electrons. The first-order valence-corrected chi connectivity index (χ1v) is 7.12. The van der Waals surface area contributed by atoms with Crippen LogP contribution in [0.5, 0.6) is 0 Å². The van der Waals surface area contributed by atoms with Crippen molar-refractivity contribution in [3.05, 3.63) is 16.8 Å². The van der Waals surface area contributed by atoms with Crippen LogP contribution in [0, 0.1) is 0 Å². The lowest BCUT2D eigenvalue weighted by atomic mass is 10.3. The minimum atomic E-state index is -3.84. The van der Waals surface area contributed by atoms with E-state index < -0.39 is 9.05 Å². The maximum absolute atomic E-state index is 11.1. The van der Waals surface area contributed by atoms with Gasteiger partial charge in [0.15, 0.2) is 5.82 Å². The summed E-state index contributed by atoms with van der Waals surface area (Å²) in [7, 11) is 2.91. The Hall–Kier alpha value is -0.920. The van der Waals surface area contributed by atoms with Gasteiger partial charge in [-0.25, -0.2) is 8.42 Å². The second-order valence-electron chi connectivity index (χ2n) is 2.82. The summed E-state index contributed by atoms with van der Waals surface area (Å²) in [6.07, 6.45) is 0. The Kier molecular flexibility index (Phi) is 2.53. The second-order valence-corrected chi connectivity index (χ2v) is 6.05. The van der Waals surface area contributed by atoms with Gasteiger partial charge in [0.25, 0.3) is 14.2 Å². The van der Waals surface area contributed by atoms with E-state index in [1.165, 1.54) is 15.9 Å². The Labute approximate surface area is 94.8 Å². The molecule has 5 nitrogen and oxygen atoms in total. The van der Waals surface area contributed by atoms with Crippen LogP contribution in [0.4, 0.5) is 0 Å². The highest BCUT2D eigenvalue weighted by Gasteiger charge is 2.20. The summed E-state index contributed by atoms with van der Waals surface area (Å²) in [5.74, 6) is 0.482. The van der Waals surface area contributed by atoms with Crippen molar-refractivity contribution in [2.75, 3.05) is 0 Å². The van der Waals surface area contributed by atoms with Gasteiger partial charge in [0, 0.05) is 28.7 Å². The van der Waals surface area contributed by atoms with Gasteiger partial charge in [-0.3, -0.25) is 4.57 Å². The van der Waals surface area contributed by atoms with Gasteiger partial charge in [-0.05, 0) is 11.4 Å². The summed E-state index contributed by atoms with van der Waals surface area (Å²) in [5, 5.41) is 10.8. The highest BCUT2D eigenvalue weighted by molar-refractivity contribution is 8.13. The van der Waals surface area contributed by atoms with Crippen molar-refractivity contribution in [1.29, 1.82) is 0 Å².